The number of likely N-dealkylation sites (N-methyl/N-ethyl adjacent to an activating group) is 1. The Labute approximate surface area is 121 Å². The highest BCUT2D eigenvalue weighted by Gasteiger charge is 2.31. The molecule has 106 valence electrons. The van der Waals surface area contributed by atoms with Gasteiger partial charge in [-0.25, -0.2) is 0 Å². The van der Waals surface area contributed by atoms with Gasteiger partial charge in [0, 0.05) is 6.20 Å². The summed E-state index contributed by atoms with van der Waals surface area (Å²) >= 11 is 0. The van der Waals surface area contributed by atoms with Crippen LogP contribution in [0.15, 0.2) is 54.7 Å². The molecule has 0 saturated carbocycles. The topological polar surface area (TPSA) is 26.6 Å². The van der Waals surface area contributed by atoms with E-state index >= 15 is 0 Å². The van der Waals surface area contributed by atoms with Gasteiger partial charge >= 0.3 is 0 Å². The summed E-state index contributed by atoms with van der Waals surface area (Å²) in [6.45, 7) is 3.76. The first kappa shape index (κ1) is 14.7. The summed E-state index contributed by atoms with van der Waals surface area (Å²) in [7, 11) is 4.26. The minimum absolute atomic E-state index is 0.502. The number of ether oxygens (including phenoxy) is 1. The Morgan fingerprint density at radius 2 is 1.75 bits per heavy atom. The molecule has 2 aromatic rings. The van der Waals surface area contributed by atoms with Crippen LogP contribution < -0.4 is 4.90 Å². The van der Waals surface area contributed by atoms with Gasteiger partial charge in [0.15, 0.2) is 0 Å². The molecule has 0 aliphatic carbocycles. The van der Waals surface area contributed by atoms with E-state index in [-0.39, 0.29) is 0 Å². The smallest absolute Gasteiger partial charge is 0.132 e. The van der Waals surface area contributed by atoms with Crippen molar-refractivity contribution >= 4 is 0 Å². The second kappa shape index (κ2) is 6.64. The van der Waals surface area contributed by atoms with Gasteiger partial charge in [0.2, 0.25) is 0 Å². The summed E-state index contributed by atoms with van der Waals surface area (Å²) < 4.78 is 6.23. The van der Waals surface area contributed by atoms with Gasteiger partial charge in [0.1, 0.15) is 12.1 Å². The molecule has 0 amide bonds. The quantitative estimate of drug-likeness (QED) is 0.862. The van der Waals surface area contributed by atoms with Crippen LogP contribution in [0.25, 0.3) is 0 Å². The third kappa shape index (κ3) is 3.44. The Morgan fingerprint density at radius 1 is 1.05 bits per heavy atom. The first-order valence-electron chi connectivity index (χ1n) is 7.03. The Hall–Kier alpha value is -1.71. The molecule has 1 heterocycles. The Morgan fingerprint density at radius 3 is 2.35 bits per heavy atom. The molecule has 1 N–H and O–H groups in total. The molecule has 0 unspecified atom stereocenters. The molecule has 0 radical (unpaired) electrons. The fourth-order valence-electron chi connectivity index (χ4n) is 2.17. The molecule has 3 nitrogen and oxygen atoms in total. The molecule has 0 aliphatic heterocycles. The lowest BCUT2D eigenvalue weighted by Crippen LogP contribution is -3.06. The first-order chi connectivity index (χ1) is 9.63. The van der Waals surface area contributed by atoms with Crippen LogP contribution in [-0.4, -0.2) is 32.2 Å². The summed E-state index contributed by atoms with van der Waals surface area (Å²) in [5.74, 6) is 0. The van der Waals surface area contributed by atoms with Crippen LogP contribution in [0.4, 0.5) is 0 Å². The lowest BCUT2D eigenvalue weighted by atomic mass is 9.91. The normalized spacial score (nSPS) is 14.2. The first-order valence-corrected chi connectivity index (χ1v) is 7.03. The third-order valence-corrected chi connectivity index (χ3v) is 3.47. The summed E-state index contributed by atoms with van der Waals surface area (Å²) in [6.07, 6.45) is 1.82. The van der Waals surface area contributed by atoms with Gasteiger partial charge in [0.05, 0.1) is 26.4 Å². The SMILES string of the molecule is C[NH+](C)CCO[C@@](C)(c1ccccc1)c1ccccn1. The maximum atomic E-state index is 6.23. The lowest BCUT2D eigenvalue weighted by molar-refractivity contribution is -0.859. The van der Waals surface area contributed by atoms with E-state index in [0.717, 1.165) is 17.8 Å². The van der Waals surface area contributed by atoms with E-state index in [2.05, 4.69) is 38.1 Å². The van der Waals surface area contributed by atoms with Crippen molar-refractivity contribution in [2.24, 2.45) is 0 Å². The second-order valence-electron chi connectivity index (χ2n) is 5.42. The maximum absolute atomic E-state index is 6.23. The average molecular weight is 271 g/mol. The van der Waals surface area contributed by atoms with Crippen LogP contribution in [0.3, 0.4) is 0 Å². The molecule has 1 atom stereocenters. The Bertz CT molecular complexity index is 472. The fraction of sp³-hybridized carbons (Fsp3) is 0.353. The van der Waals surface area contributed by atoms with Crippen molar-refractivity contribution in [1.29, 1.82) is 0 Å². The minimum Gasteiger partial charge on any atom is -0.358 e. The van der Waals surface area contributed by atoms with Crippen LogP contribution >= 0.6 is 0 Å². The molecular formula is C17H23N2O+. The molecule has 0 saturated heterocycles. The van der Waals surface area contributed by atoms with Crippen molar-refractivity contribution in [3.05, 3.63) is 66.0 Å². The van der Waals surface area contributed by atoms with Crippen molar-refractivity contribution in [1.82, 2.24) is 4.98 Å². The van der Waals surface area contributed by atoms with Crippen molar-refractivity contribution in [3.8, 4) is 0 Å². The van der Waals surface area contributed by atoms with Gasteiger partial charge in [-0.15, -0.1) is 0 Å². The molecule has 2 rings (SSSR count). The number of quaternary nitrogens is 1. The molecular weight excluding hydrogens is 248 g/mol. The fourth-order valence-corrected chi connectivity index (χ4v) is 2.17. The number of rotatable bonds is 6. The summed E-state index contributed by atoms with van der Waals surface area (Å²) in [5.41, 5.74) is 1.57. The number of pyridine rings is 1. The van der Waals surface area contributed by atoms with Gasteiger partial charge in [-0.05, 0) is 24.6 Å². The number of aromatic nitrogens is 1. The van der Waals surface area contributed by atoms with E-state index in [0.29, 0.717) is 6.61 Å². The van der Waals surface area contributed by atoms with Crippen LogP contribution in [0, 0.1) is 0 Å². The van der Waals surface area contributed by atoms with Gasteiger partial charge in [-0.2, -0.15) is 0 Å². The third-order valence-electron chi connectivity index (χ3n) is 3.47. The Balaban J connectivity index is 2.29. The highest BCUT2D eigenvalue weighted by molar-refractivity contribution is 5.31. The molecule has 0 fully saturated rings. The van der Waals surface area contributed by atoms with Gasteiger partial charge < -0.3 is 9.64 Å². The van der Waals surface area contributed by atoms with Crippen LogP contribution in [0.1, 0.15) is 18.2 Å². The summed E-state index contributed by atoms with van der Waals surface area (Å²) in [4.78, 5) is 5.87. The highest BCUT2D eigenvalue weighted by atomic mass is 16.5. The number of hydrogen-bond donors (Lipinski definition) is 1. The van der Waals surface area contributed by atoms with E-state index in [9.17, 15) is 0 Å². The van der Waals surface area contributed by atoms with Gasteiger partial charge in [0.25, 0.3) is 0 Å². The highest BCUT2D eigenvalue weighted by Crippen LogP contribution is 2.31. The van der Waals surface area contributed by atoms with Crippen molar-refractivity contribution in [3.63, 3.8) is 0 Å². The zero-order chi connectivity index (χ0) is 14.4. The average Bonchev–Trinajstić information content (AvgIpc) is 2.48. The Kier molecular flexibility index (Phi) is 4.88. The molecule has 3 heteroatoms. The summed E-state index contributed by atoms with van der Waals surface area (Å²) in [6, 6.07) is 16.2. The number of nitrogens with one attached hydrogen (secondary N) is 1. The predicted octanol–water partition coefficient (Wildman–Crippen LogP) is 1.51. The van der Waals surface area contributed by atoms with E-state index in [1.807, 2.05) is 42.6 Å². The van der Waals surface area contributed by atoms with Crippen molar-refractivity contribution in [2.75, 3.05) is 27.2 Å². The zero-order valence-corrected chi connectivity index (χ0v) is 12.5. The molecule has 0 aliphatic rings. The predicted molar refractivity (Wildman–Crippen MR) is 80.8 cm³/mol. The van der Waals surface area contributed by atoms with Crippen molar-refractivity contribution < 1.29 is 9.64 Å². The molecule has 20 heavy (non-hydrogen) atoms. The zero-order valence-electron chi connectivity index (χ0n) is 12.5. The number of nitrogens with zero attached hydrogens (tertiary/aromatic N) is 1. The van der Waals surface area contributed by atoms with Crippen LogP contribution in [-0.2, 0) is 10.3 Å². The molecule has 0 spiro atoms. The minimum atomic E-state index is -0.502. The lowest BCUT2D eigenvalue weighted by Gasteiger charge is -2.30. The molecule has 1 aromatic carbocycles. The molecule has 1 aromatic heterocycles. The van der Waals surface area contributed by atoms with Crippen LogP contribution in [0.2, 0.25) is 0 Å². The maximum Gasteiger partial charge on any atom is 0.132 e. The van der Waals surface area contributed by atoms with Crippen molar-refractivity contribution in [2.45, 2.75) is 12.5 Å². The van der Waals surface area contributed by atoms with Gasteiger partial charge in [-0.1, -0.05) is 36.4 Å². The second-order valence-corrected chi connectivity index (χ2v) is 5.42. The largest absolute Gasteiger partial charge is 0.358 e. The number of hydrogen-bond acceptors (Lipinski definition) is 2. The van der Waals surface area contributed by atoms with E-state index < -0.39 is 5.60 Å². The van der Waals surface area contributed by atoms with Gasteiger partial charge in [-0.3, -0.25) is 4.98 Å². The standard InChI is InChI=1S/C17H22N2O/c1-17(20-14-13-19(2)3,15-9-5-4-6-10-15)16-11-7-8-12-18-16/h4-12H,13-14H2,1-3H3/p+1/t17-/m0/s1. The van der Waals surface area contributed by atoms with E-state index in [4.69, 9.17) is 4.74 Å². The van der Waals surface area contributed by atoms with E-state index in [1.165, 1.54) is 4.90 Å². The monoisotopic (exact) mass is 271 g/mol. The van der Waals surface area contributed by atoms with E-state index in [1.54, 1.807) is 0 Å². The van der Waals surface area contributed by atoms with Crippen LogP contribution in [0.5, 0.6) is 0 Å². The number of benzene rings is 1. The molecule has 0 bridgehead atoms. The summed E-state index contributed by atoms with van der Waals surface area (Å²) in [5, 5.41) is 0.